The van der Waals surface area contributed by atoms with Gasteiger partial charge in [-0.25, -0.2) is 4.79 Å². The number of amides is 1. The van der Waals surface area contributed by atoms with Gasteiger partial charge in [-0.2, -0.15) is 0 Å². The molecule has 2 N–H and O–H groups in total. The van der Waals surface area contributed by atoms with Crippen LogP contribution < -0.4 is 4.74 Å². The molecule has 0 aliphatic carbocycles. The highest BCUT2D eigenvalue weighted by molar-refractivity contribution is 5.88. The molecule has 0 saturated heterocycles. The maximum absolute atomic E-state index is 12.3. The molecular weight excluding hydrogens is 362 g/mol. The minimum absolute atomic E-state index is 0.0413. The van der Waals surface area contributed by atoms with E-state index in [4.69, 9.17) is 14.6 Å². The van der Waals surface area contributed by atoms with Gasteiger partial charge in [0.1, 0.15) is 24.1 Å². The minimum Gasteiger partial charge on any atom is -0.490 e. The first-order valence-corrected chi connectivity index (χ1v) is 9.14. The van der Waals surface area contributed by atoms with Crippen molar-refractivity contribution in [3.63, 3.8) is 0 Å². The number of carboxylic acid groups (broad SMARTS) is 1. The lowest BCUT2D eigenvalue weighted by molar-refractivity contribution is -0.137. The van der Waals surface area contributed by atoms with Crippen LogP contribution in [0.4, 0.5) is 4.79 Å². The molecule has 1 atom stereocenters. The van der Waals surface area contributed by atoms with E-state index in [1.54, 1.807) is 20.8 Å². The minimum atomic E-state index is -1.03. The molecule has 152 valence electrons. The van der Waals surface area contributed by atoms with Gasteiger partial charge in [0.05, 0.1) is 13.0 Å². The second-order valence-corrected chi connectivity index (χ2v) is 7.51. The summed E-state index contributed by atoms with van der Waals surface area (Å²) in [6, 6.07) is 13.4. The van der Waals surface area contributed by atoms with Crippen molar-refractivity contribution in [3.8, 4) is 5.75 Å². The summed E-state index contributed by atoms with van der Waals surface area (Å²) in [6.07, 6.45) is -1.91. The van der Waals surface area contributed by atoms with Crippen molar-refractivity contribution in [1.82, 2.24) is 4.90 Å². The van der Waals surface area contributed by atoms with Crippen molar-refractivity contribution >= 4 is 22.8 Å². The van der Waals surface area contributed by atoms with Crippen molar-refractivity contribution in [3.05, 3.63) is 42.5 Å². The Labute approximate surface area is 164 Å². The molecule has 0 unspecified atom stereocenters. The highest BCUT2D eigenvalue weighted by Crippen LogP contribution is 2.25. The fourth-order valence-corrected chi connectivity index (χ4v) is 2.63. The fraction of sp³-hybridized carbons (Fsp3) is 0.429. The lowest BCUT2D eigenvalue weighted by Crippen LogP contribution is -2.43. The standard InChI is InChI=1S/C21H27NO6/c1-21(2,3)28-20(26)22(12-11-19(24)25)13-16(23)14-27-18-10-6-8-15-7-4-5-9-17(15)18/h4-10,16,23H,11-14H2,1-3H3,(H,24,25)/t16-/m0/s1. The number of aliphatic carboxylic acids is 1. The van der Waals surface area contributed by atoms with Gasteiger partial charge in [0.2, 0.25) is 0 Å². The zero-order valence-corrected chi connectivity index (χ0v) is 16.4. The van der Waals surface area contributed by atoms with Crippen LogP contribution in [0, 0.1) is 0 Å². The molecule has 0 heterocycles. The molecule has 0 aromatic heterocycles. The number of carboxylic acids is 1. The van der Waals surface area contributed by atoms with Gasteiger partial charge in [0, 0.05) is 11.9 Å². The Morgan fingerprint density at radius 3 is 2.46 bits per heavy atom. The number of nitrogens with zero attached hydrogens (tertiary/aromatic N) is 1. The third kappa shape index (κ3) is 6.74. The van der Waals surface area contributed by atoms with Gasteiger partial charge in [-0.15, -0.1) is 0 Å². The van der Waals surface area contributed by atoms with Gasteiger partial charge in [-0.05, 0) is 32.2 Å². The van der Waals surface area contributed by atoms with E-state index in [-0.39, 0.29) is 26.1 Å². The van der Waals surface area contributed by atoms with Crippen LogP contribution >= 0.6 is 0 Å². The summed E-state index contributed by atoms with van der Waals surface area (Å²) in [4.78, 5) is 24.4. The second-order valence-electron chi connectivity index (χ2n) is 7.51. The number of aliphatic hydroxyl groups excluding tert-OH is 1. The quantitative estimate of drug-likeness (QED) is 0.719. The van der Waals surface area contributed by atoms with E-state index in [0.29, 0.717) is 5.75 Å². The van der Waals surface area contributed by atoms with Gasteiger partial charge in [-0.1, -0.05) is 36.4 Å². The van der Waals surface area contributed by atoms with Gasteiger partial charge in [0.15, 0.2) is 0 Å². The Balaban J connectivity index is 2.00. The molecule has 7 nitrogen and oxygen atoms in total. The Morgan fingerprint density at radius 1 is 1.11 bits per heavy atom. The van der Waals surface area contributed by atoms with E-state index < -0.39 is 23.8 Å². The molecule has 0 bridgehead atoms. The third-order valence-electron chi connectivity index (χ3n) is 3.86. The van der Waals surface area contributed by atoms with Crippen molar-refractivity contribution < 1.29 is 29.3 Å². The van der Waals surface area contributed by atoms with Crippen molar-refractivity contribution in [2.75, 3.05) is 19.7 Å². The van der Waals surface area contributed by atoms with Gasteiger partial charge < -0.3 is 24.6 Å². The van der Waals surface area contributed by atoms with Crippen LogP contribution in [0.2, 0.25) is 0 Å². The molecule has 1 amide bonds. The summed E-state index contributed by atoms with van der Waals surface area (Å²) in [5, 5.41) is 21.2. The average molecular weight is 389 g/mol. The predicted molar refractivity (Wildman–Crippen MR) is 106 cm³/mol. The molecule has 0 saturated carbocycles. The molecule has 0 spiro atoms. The highest BCUT2D eigenvalue weighted by atomic mass is 16.6. The molecule has 2 rings (SSSR count). The molecule has 2 aromatic carbocycles. The SMILES string of the molecule is CC(C)(C)OC(=O)N(CCC(=O)O)C[C@H](O)COc1cccc2ccccc12. The number of hydrogen-bond donors (Lipinski definition) is 2. The zero-order chi connectivity index (χ0) is 20.7. The summed E-state index contributed by atoms with van der Waals surface area (Å²) in [7, 11) is 0. The summed E-state index contributed by atoms with van der Waals surface area (Å²) in [6.45, 7) is 4.98. The summed E-state index contributed by atoms with van der Waals surface area (Å²) in [5.74, 6) is -0.401. The molecule has 0 aliphatic rings. The highest BCUT2D eigenvalue weighted by Gasteiger charge is 2.25. The molecule has 0 radical (unpaired) electrons. The van der Waals surface area contributed by atoms with Crippen molar-refractivity contribution in [1.29, 1.82) is 0 Å². The largest absolute Gasteiger partial charge is 0.490 e. The summed E-state index contributed by atoms with van der Waals surface area (Å²) >= 11 is 0. The lowest BCUT2D eigenvalue weighted by Gasteiger charge is -2.28. The van der Waals surface area contributed by atoms with Crippen LogP contribution in [0.5, 0.6) is 5.75 Å². The Bertz CT molecular complexity index is 809. The van der Waals surface area contributed by atoms with Crippen LogP contribution in [0.25, 0.3) is 10.8 Å². The maximum atomic E-state index is 12.3. The number of ether oxygens (including phenoxy) is 2. The van der Waals surface area contributed by atoms with Gasteiger partial charge >= 0.3 is 12.1 Å². The third-order valence-corrected chi connectivity index (χ3v) is 3.86. The van der Waals surface area contributed by atoms with E-state index >= 15 is 0 Å². The molecule has 7 heteroatoms. The van der Waals surface area contributed by atoms with Crippen molar-refractivity contribution in [2.24, 2.45) is 0 Å². The lowest BCUT2D eigenvalue weighted by atomic mass is 10.1. The van der Waals surface area contributed by atoms with Crippen LogP contribution in [0.1, 0.15) is 27.2 Å². The topological polar surface area (TPSA) is 96.3 Å². The Morgan fingerprint density at radius 2 is 1.79 bits per heavy atom. The van der Waals surface area contributed by atoms with E-state index in [0.717, 1.165) is 10.8 Å². The van der Waals surface area contributed by atoms with E-state index in [9.17, 15) is 14.7 Å². The normalized spacial score (nSPS) is 12.4. The Hall–Kier alpha value is -2.80. The molecule has 0 aliphatic heterocycles. The molecule has 28 heavy (non-hydrogen) atoms. The summed E-state index contributed by atoms with van der Waals surface area (Å²) < 4.78 is 11.0. The number of rotatable bonds is 8. The summed E-state index contributed by atoms with van der Waals surface area (Å²) in [5.41, 5.74) is -0.719. The first-order chi connectivity index (χ1) is 13.2. The number of fused-ring (bicyclic) bond motifs is 1. The number of carbonyl (C=O) groups excluding carboxylic acids is 1. The van der Waals surface area contributed by atoms with Crippen molar-refractivity contribution in [2.45, 2.75) is 38.9 Å². The number of hydrogen-bond acceptors (Lipinski definition) is 5. The van der Waals surface area contributed by atoms with Gasteiger partial charge in [0.25, 0.3) is 0 Å². The first kappa shape index (κ1) is 21.5. The number of carbonyl (C=O) groups is 2. The Kier molecular flexibility index (Phi) is 7.23. The van der Waals surface area contributed by atoms with E-state index in [1.807, 2.05) is 42.5 Å². The van der Waals surface area contributed by atoms with E-state index in [1.165, 1.54) is 4.90 Å². The maximum Gasteiger partial charge on any atom is 0.410 e. The number of aliphatic hydroxyl groups is 1. The van der Waals surface area contributed by atoms with E-state index in [2.05, 4.69) is 0 Å². The average Bonchev–Trinajstić information content (AvgIpc) is 2.61. The monoisotopic (exact) mass is 389 g/mol. The molecule has 2 aromatic rings. The predicted octanol–water partition coefficient (Wildman–Crippen LogP) is 3.29. The van der Waals surface area contributed by atoms with Crippen LogP contribution in [-0.2, 0) is 9.53 Å². The fourth-order valence-electron chi connectivity index (χ4n) is 2.63. The first-order valence-electron chi connectivity index (χ1n) is 9.14. The molecular formula is C21H27NO6. The zero-order valence-electron chi connectivity index (χ0n) is 16.4. The smallest absolute Gasteiger partial charge is 0.410 e. The van der Waals surface area contributed by atoms with Crippen LogP contribution in [0.15, 0.2) is 42.5 Å². The van der Waals surface area contributed by atoms with Crippen LogP contribution in [0.3, 0.4) is 0 Å². The molecule has 0 fully saturated rings. The second kappa shape index (κ2) is 9.41. The van der Waals surface area contributed by atoms with Crippen LogP contribution in [-0.4, -0.2) is 58.6 Å². The number of benzene rings is 2. The van der Waals surface area contributed by atoms with Gasteiger partial charge in [-0.3, -0.25) is 4.79 Å².